The Morgan fingerprint density at radius 2 is 1.76 bits per heavy atom. The smallest absolute Gasteiger partial charge is 0.417 e. The molecule has 0 unspecified atom stereocenters. The maximum absolute atomic E-state index is 12.6. The number of alkyl halides is 3. The van der Waals surface area contributed by atoms with Crippen LogP contribution in [0.5, 0.6) is 5.75 Å². The van der Waals surface area contributed by atoms with Crippen LogP contribution in [0.2, 0.25) is 0 Å². The lowest BCUT2D eigenvalue weighted by Gasteiger charge is -2.11. The molecule has 2 aromatic rings. The lowest BCUT2D eigenvalue weighted by atomic mass is 10.3. The Hall–Kier alpha value is -1.76. The van der Waals surface area contributed by atoms with Crippen molar-refractivity contribution in [3.63, 3.8) is 0 Å². The first-order valence-electron chi connectivity index (χ1n) is 6.02. The molecule has 7 heteroatoms. The van der Waals surface area contributed by atoms with Crippen LogP contribution in [0, 0.1) is 0 Å². The van der Waals surface area contributed by atoms with Crippen molar-refractivity contribution in [3.8, 4) is 5.75 Å². The topological polar surface area (TPSA) is 31.2 Å². The minimum atomic E-state index is -4.47. The van der Waals surface area contributed by atoms with Gasteiger partial charge in [0.25, 0.3) is 5.56 Å². The van der Waals surface area contributed by atoms with E-state index in [1.165, 1.54) is 0 Å². The van der Waals surface area contributed by atoms with E-state index < -0.39 is 17.3 Å². The third kappa shape index (κ3) is 4.35. The van der Waals surface area contributed by atoms with Crippen molar-refractivity contribution in [2.75, 3.05) is 6.61 Å². The number of ether oxygens (including phenoxy) is 1. The normalized spacial score (nSPS) is 11.4. The van der Waals surface area contributed by atoms with E-state index in [4.69, 9.17) is 4.74 Å². The highest BCUT2D eigenvalue weighted by Crippen LogP contribution is 2.28. The second-order valence-electron chi connectivity index (χ2n) is 4.25. The van der Waals surface area contributed by atoms with Gasteiger partial charge in [-0.05, 0) is 30.3 Å². The first kappa shape index (κ1) is 15.6. The molecule has 0 aliphatic rings. The zero-order chi connectivity index (χ0) is 15.5. The largest absolute Gasteiger partial charge is 0.492 e. The molecule has 21 heavy (non-hydrogen) atoms. The molecule has 0 bridgehead atoms. The first-order chi connectivity index (χ1) is 9.86. The second kappa shape index (κ2) is 6.34. The van der Waals surface area contributed by atoms with Gasteiger partial charge in [-0.2, -0.15) is 13.2 Å². The molecule has 1 aromatic heterocycles. The molecule has 0 aliphatic heterocycles. The van der Waals surface area contributed by atoms with E-state index in [2.05, 4.69) is 15.9 Å². The lowest BCUT2D eigenvalue weighted by Crippen LogP contribution is -2.24. The molecule has 0 aliphatic carbocycles. The summed E-state index contributed by atoms with van der Waals surface area (Å²) in [5.74, 6) is 0.582. The molecule has 1 heterocycles. The van der Waals surface area contributed by atoms with E-state index in [0.29, 0.717) is 5.75 Å². The van der Waals surface area contributed by atoms with Crippen LogP contribution in [0.3, 0.4) is 0 Å². The number of hydrogen-bond donors (Lipinski definition) is 0. The zero-order valence-corrected chi connectivity index (χ0v) is 12.3. The quantitative estimate of drug-likeness (QED) is 0.831. The molecule has 0 spiro atoms. The number of pyridine rings is 1. The molecule has 0 N–H and O–H groups in total. The van der Waals surface area contributed by atoms with Crippen LogP contribution < -0.4 is 10.3 Å². The van der Waals surface area contributed by atoms with E-state index in [9.17, 15) is 18.0 Å². The van der Waals surface area contributed by atoms with Gasteiger partial charge in [-0.1, -0.05) is 15.9 Å². The van der Waals surface area contributed by atoms with Gasteiger partial charge >= 0.3 is 6.18 Å². The van der Waals surface area contributed by atoms with Gasteiger partial charge in [0.1, 0.15) is 12.4 Å². The molecule has 2 rings (SSSR count). The van der Waals surface area contributed by atoms with Gasteiger partial charge in [0, 0.05) is 16.7 Å². The average Bonchev–Trinajstić information content (AvgIpc) is 2.42. The van der Waals surface area contributed by atoms with E-state index in [1.807, 2.05) is 0 Å². The van der Waals surface area contributed by atoms with Crippen LogP contribution in [0.25, 0.3) is 0 Å². The summed E-state index contributed by atoms with van der Waals surface area (Å²) in [6, 6.07) is 8.69. The van der Waals surface area contributed by atoms with Crippen LogP contribution >= 0.6 is 15.9 Å². The molecule has 112 valence electrons. The molecule has 0 saturated carbocycles. The third-order valence-electron chi connectivity index (χ3n) is 2.73. The highest BCUT2D eigenvalue weighted by Gasteiger charge is 2.30. The summed E-state index contributed by atoms with van der Waals surface area (Å²) >= 11 is 3.28. The fourth-order valence-corrected chi connectivity index (χ4v) is 1.93. The Morgan fingerprint density at radius 3 is 2.38 bits per heavy atom. The van der Waals surface area contributed by atoms with Gasteiger partial charge in [0.2, 0.25) is 0 Å². The summed E-state index contributed by atoms with van der Waals surface area (Å²) in [6.07, 6.45) is -3.67. The molecule has 0 atom stereocenters. The summed E-state index contributed by atoms with van der Waals surface area (Å²) in [6.45, 7) is 0.141. The van der Waals surface area contributed by atoms with E-state index in [0.717, 1.165) is 27.4 Å². The van der Waals surface area contributed by atoms with Crippen molar-refractivity contribution in [2.24, 2.45) is 0 Å². The Morgan fingerprint density at radius 1 is 1.10 bits per heavy atom. The van der Waals surface area contributed by atoms with Crippen molar-refractivity contribution in [2.45, 2.75) is 12.7 Å². The van der Waals surface area contributed by atoms with Gasteiger partial charge in [0.15, 0.2) is 0 Å². The van der Waals surface area contributed by atoms with Crippen molar-refractivity contribution in [1.29, 1.82) is 0 Å². The van der Waals surface area contributed by atoms with Crippen molar-refractivity contribution in [3.05, 3.63) is 63.0 Å². The number of hydrogen-bond acceptors (Lipinski definition) is 2. The van der Waals surface area contributed by atoms with Crippen molar-refractivity contribution < 1.29 is 17.9 Å². The molecule has 1 aromatic carbocycles. The molecule has 0 radical (unpaired) electrons. The second-order valence-corrected chi connectivity index (χ2v) is 5.17. The summed E-state index contributed by atoms with van der Waals surface area (Å²) in [5.41, 5.74) is -1.35. The molecular formula is C14H11BrF3NO2. The van der Waals surface area contributed by atoms with Crippen LogP contribution in [0.1, 0.15) is 5.56 Å². The lowest BCUT2D eigenvalue weighted by molar-refractivity contribution is -0.138. The minimum Gasteiger partial charge on any atom is -0.492 e. The van der Waals surface area contributed by atoms with Gasteiger partial charge in [-0.15, -0.1) is 0 Å². The van der Waals surface area contributed by atoms with E-state index >= 15 is 0 Å². The monoisotopic (exact) mass is 361 g/mol. The Bertz CT molecular complexity index is 665. The van der Waals surface area contributed by atoms with Crippen LogP contribution in [-0.4, -0.2) is 11.2 Å². The molecule has 0 fully saturated rings. The average molecular weight is 362 g/mol. The van der Waals surface area contributed by atoms with E-state index in [1.54, 1.807) is 24.3 Å². The molecule has 3 nitrogen and oxygen atoms in total. The Balaban J connectivity index is 2.03. The standard InChI is InChI=1S/C14H11BrF3NO2/c15-11-2-4-12(5-3-11)21-8-7-19-9-10(14(16,17)18)1-6-13(19)20/h1-6,9H,7-8H2. The number of nitrogens with zero attached hydrogens (tertiary/aromatic N) is 1. The predicted molar refractivity (Wildman–Crippen MR) is 75.3 cm³/mol. The third-order valence-corrected chi connectivity index (χ3v) is 3.25. The van der Waals surface area contributed by atoms with Crippen LogP contribution in [-0.2, 0) is 12.7 Å². The summed E-state index contributed by atoms with van der Waals surface area (Å²) in [5, 5.41) is 0. The SMILES string of the molecule is O=c1ccc(C(F)(F)F)cn1CCOc1ccc(Br)cc1. The predicted octanol–water partition coefficient (Wildman–Crippen LogP) is 3.71. The summed E-state index contributed by atoms with van der Waals surface area (Å²) in [4.78, 5) is 11.5. The van der Waals surface area contributed by atoms with Gasteiger partial charge in [-0.3, -0.25) is 4.79 Å². The van der Waals surface area contributed by atoms with Gasteiger partial charge in [0.05, 0.1) is 12.1 Å². The van der Waals surface area contributed by atoms with Crippen molar-refractivity contribution in [1.82, 2.24) is 4.57 Å². The number of aromatic nitrogens is 1. The highest BCUT2D eigenvalue weighted by molar-refractivity contribution is 9.10. The highest BCUT2D eigenvalue weighted by atomic mass is 79.9. The van der Waals surface area contributed by atoms with Crippen LogP contribution in [0.15, 0.2) is 51.9 Å². The molecular weight excluding hydrogens is 351 g/mol. The molecule has 0 amide bonds. The molecule has 0 saturated heterocycles. The Kier molecular flexibility index (Phi) is 4.72. The number of rotatable bonds is 4. The fraction of sp³-hybridized carbons (Fsp3) is 0.214. The maximum atomic E-state index is 12.6. The van der Waals surface area contributed by atoms with Gasteiger partial charge < -0.3 is 9.30 Å². The summed E-state index contributed by atoms with van der Waals surface area (Å²) in [7, 11) is 0. The fourth-order valence-electron chi connectivity index (χ4n) is 1.67. The minimum absolute atomic E-state index is 0.0405. The van der Waals surface area contributed by atoms with Crippen molar-refractivity contribution >= 4 is 15.9 Å². The zero-order valence-electron chi connectivity index (χ0n) is 10.7. The maximum Gasteiger partial charge on any atom is 0.417 e. The van der Waals surface area contributed by atoms with Crippen LogP contribution in [0.4, 0.5) is 13.2 Å². The first-order valence-corrected chi connectivity index (χ1v) is 6.81. The number of halogens is 4. The van der Waals surface area contributed by atoms with E-state index in [-0.39, 0.29) is 13.2 Å². The van der Waals surface area contributed by atoms with Gasteiger partial charge in [-0.25, -0.2) is 0 Å². The Labute approximate surface area is 127 Å². The number of benzene rings is 1. The summed E-state index contributed by atoms with van der Waals surface area (Å²) < 4.78 is 45.0.